The van der Waals surface area contributed by atoms with Crippen molar-refractivity contribution in [3.05, 3.63) is 53.2 Å². The maximum Gasteiger partial charge on any atom is 0.254 e. The first-order valence-electron chi connectivity index (χ1n) is 7.65. The number of hydrogen-bond acceptors (Lipinski definition) is 4. The average molecular weight is 359 g/mol. The van der Waals surface area contributed by atoms with Crippen molar-refractivity contribution in [3.63, 3.8) is 0 Å². The summed E-state index contributed by atoms with van der Waals surface area (Å²) in [6, 6.07) is 9.15. The van der Waals surface area contributed by atoms with Crippen molar-refractivity contribution in [2.75, 3.05) is 10.6 Å². The zero-order valence-corrected chi connectivity index (χ0v) is 13.8. The molecule has 0 fully saturated rings. The number of para-hydroxylation sites is 1. The SMILES string of the molecule is O=C(CCC1NC(=O)c2ccccc2NC1=O)Nc1ccc(Cl)cn1. The lowest BCUT2D eigenvalue weighted by Crippen LogP contribution is -2.41. The van der Waals surface area contributed by atoms with Crippen molar-refractivity contribution in [1.82, 2.24) is 10.3 Å². The van der Waals surface area contributed by atoms with Gasteiger partial charge in [0.2, 0.25) is 11.8 Å². The number of halogens is 1. The van der Waals surface area contributed by atoms with Gasteiger partial charge in [0, 0.05) is 12.6 Å². The maximum atomic E-state index is 12.2. The summed E-state index contributed by atoms with van der Waals surface area (Å²) in [4.78, 5) is 40.4. The summed E-state index contributed by atoms with van der Waals surface area (Å²) >= 11 is 5.73. The van der Waals surface area contributed by atoms with Gasteiger partial charge in [0.25, 0.3) is 5.91 Å². The lowest BCUT2D eigenvalue weighted by Gasteiger charge is -2.14. The van der Waals surface area contributed by atoms with Crippen LogP contribution in [0.25, 0.3) is 0 Å². The van der Waals surface area contributed by atoms with Gasteiger partial charge in [-0.2, -0.15) is 0 Å². The molecule has 3 rings (SSSR count). The van der Waals surface area contributed by atoms with Crippen LogP contribution < -0.4 is 16.0 Å². The lowest BCUT2D eigenvalue weighted by molar-refractivity contribution is -0.118. The highest BCUT2D eigenvalue weighted by atomic mass is 35.5. The van der Waals surface area contributed by atoms with Crippen molar-refractivity contribution in [1.29, 1.82) is 0 Å². The minimum absolute atomic E-state index is 0.0546. The quantitative estimate of drug-likeness (QED) is 0.780. The van der Waals surface area contributed by atoms with Gasteiger partial charge in [0.05, 0.1) is 16.3 Å². The molecule has 0 saturated heterocycles. The molecule has 3 amide bonds. The number of carbonyl (C=O) groups is 3. The Morgan fingerprint density at radius 1 is 1.20 bits per heavy atom. The van der Waals surface area contributed by atoms with Gasteiger partial charge < -0.3 is 16.0 Å². The first-order valence-corrected chi connectivity index (χ1v) is 8.03. The molecule has 0 saturated carbocycles. The van der Waals surface area contributed by atoms with Crippen molar-refractivity contribution in [2.24, 2.45) is 0 Å². The van der Waals surface area contributed by atoms with Crippen LogP contribution in [0, 0.1) is 0 Å². The summed E-state index contributed by atoms with van der Waals surface area (Å²) in [5.74, 6) is -0.635. The van der Waals surface area contributed by atoms with Crippen molar-refractivity contribution in [2.45, 2.75) is 18.9 Å². The molecule has 8 heteroatoms. The molecule has 0 spiro atoms. The molecule has 1 aliphatic rings. The van der Waals surface area contributed by atoms with Crippen LogP contribution in [-0.2, 0) is 9.59 Å². The second kappa shape index (κ2) is 7.31. The Morgan fingerprint density at radius 2 is 2.00 bits per heavy atom. The van der Waals surface area contributed by atoms with Gasteiger partial charge in [-0.1, -0.05) is 23.7 Å². The third-order valence-electron chi connectivity index (χ3n) is 3.71. The molecule has 0 aliphatic carbocycles. The summed E-state index contributed by atoms with van der Waals surface area (Å²) < 4.78 is 0. The topological polar surface area (TPSA) is 100 Å². The molecule has 0 bridgehead atoms. The minimum atomic E-state index is -0.788. The Kier molecular flexibility index (Phi) is 4.95. The zero-order chi connectivity index (χ0) is 17.8. The van der Waals surface area contributed by atoms with E-state index in [4.69, 9.17) is 11.6 Å². The highest BCUT2D eigenvalue weighted by Crippen LogP contribution is 2.19. The number of rotatable bonds is 4. The van der Waals surface area contributed by atoms with Gasteiger partial charge in [-0.15, -0.1) is 0 Å². The standard InChI is InChI=1S/C17H15ClN4O3/c18-10-5-7-14(19-9-10)22-15(23)8-6-13-17(25)20-12-4-2-1-3-11(12)16(24)21-13/h1-5,7,9,13H,6,8H2,(H,20,25)(H,21,24)(H,19,22,23). The number of benzene rings is 1. The van der Waals surface area contributed by atoms with E-state index in [1.165, 1.54) is 6.20 Å². The second-order valence-corrected chi connectivity index (χ2v) is 5.95. The number of anilines is 2. The number of fused-ring (bicyclic) bond motifs is 1. The van der Waals surface area contributed by atoms with Gasteiger partial charge in [0.1, 0.15) is 11.9 Å². The van der Waals surface area contributed by atoms with E-state index in [9.17, 15) is 14.4 Å². The van der Waals surface area contributed by atoms with Gasteiger partial charge >= 0.3 is 0 Å². The van der Waals surface area contributed by atoms with Crippen LogP contribution in [0.4, 0.5) is 11.5 Å². The predicted octanol–water partition coefficient (Wildman–Crippen LogP) is 2.20. The van der Waals surface area contributed by atoms with Crippen LogP contribution in [0.15, 0.2) is 42.6 Å². The van der Waals surface area contributed by atoms with E-state index in [0.717, 1.165) is 0 Å². The van der Waals surface area contributed by atoms with Gasteiger partial charge in [0.15, 0.2) is 0 Å². The molecule has 2 aromatic rings. The Balaban J connectivity index is 1.59. The molecule has 3 N–H and O–H groups in total. The minimum Gasteiger partial charge on any atom is -0.340 e. The van der Waals surface area contributed by atoms with Crippen LogP contribution in [0.3, 0.4) is 0 Å². The fraction of sp³-hybridized carbons (Fsp3) is 0.176. The number of pyridine rings is 1. The van der Waals surface area contributed by atoms with E-state index in [1.807, 2.05) is 0 Å². The summed E-state index contributed by atoms with van der Waals surface area (Å²) in [5, 5.41) is 8.43. The van der Waals surface area contributed by atoms with Crippen LogP contribution in [-0.4, -0.2) is 28.7 Å². The molecule has 1 aliphatic heterocycles. The Morgan fingerprint density at radius 3 is 2.76 bits per heavy atom. The summed E-state index contributed by atoms with van der Waals surface area (Å²) in [6.45, 7) is 0. The largest absolute Gasteiger partial charge is 0.340 e. The lowest BCUT2D eigenvalue weighted by atomic mass is 10.1. The zero-order valence-electron chi connectivity index (χ0n) is 13.1. The van der Waals surface area contributed by atoms with Gasteiger partial charge in [-0.05, 0) is 30.7 Å². The third kappa shape index (κ3) is 4.13. The van der Waals surface area contributed by atoms with Gasteiger partial charge in [-0.3, -0.25) is 14.4 Å². The van der Waals surface area contributed by atoms with Crippen molar-refractivity contribution >= 4 is 40.8 Å². The third-order valence-corrected chi connectivity index (χ3v) is 3.93. The van der Waals surface area contributed by atoms with E-state index in [0.29, 0.717) is 22.1 Å². The smallest absolute Gasteiger partial charge is 0.254 e. The number of amides is 3. The van der Waals surface area contributed by atoms with E-state index >= 15 is 0 Å². The molecule has 25 heavy (non-hydrogen) atoms. The molecule has 128 valence electrons. The maximum absolute atomic E-state index is 12.2. The molecule has 1 unspecified atom stereocenters. The Labute approximate surface area is 148 Å². The van der Waals surface area contributed by atoms with E-state index in [-0.39, 0.29) is 30.6 Å². The molecular weight excluding hydrogens is 344 g/mol. The van der Waals surface area contributed by atoms with E-state index in [2.05, 4.69) is 20.9 Å². The average Bonchev–Trinajstić information content (AvgIpc) is 2.72. The second-order valence-electron chi connectivity index (χ2n) is 5.51. The highest BCUT2D eigenvalue weighted by Gasteiger charge is 2.27. The van der Waals surface area contributed by atoms with Crippen LogP contribution >= 0.6 is 11.6 Å². The normalized spacial score (nSPS) is 16.3. The molecule has 0 radical (unpaired) electrons. The summed E-state index contributed by atoms with van der Waals surface area (Å²) in [5.41, 5.74) is 0.857. The van der Waals surface area contributed by atoms with Crippen LogP contribution in [0.5, 0.6) is 0 Å². The molecular formula is C17H15ClN4O3. The van der Waals surface area contributed by atoms with E-state index in [1.54, 1.807) is 36.4 Å². The number of nitrogens with one attached hydrogen (secondary N) is 3. The highest BCUT2D eigenvalue weighted by molar-refractivity contribution is 6.30. The van der Waals surface area contributed by atoms with Crippen LogP contribution in [0.1, 0.15) is 23.2 Å². The molecule has 2 heterocycles. The fourth-order valence-electron chi connectivity index (χ4n) is 2.45. The monoisotopic (exact) mass is 358 g/mol. The first-order chi connectivity index (χ1) is 12.0. The summed E-state index contributed by atoms with van der Waals surface area (Å²) in [7, 11) is 0. The summed E-state index contributed by atoms with van der Waals surface area (Å²) in [6.07, 6.45) is 1.65. The molecule has 1 aromatic heterocycles. The molecule has 1 aromatic carbocycles. The molecule has 1 atom stereocenters. The number of aromatic nitrogens is 1. The number of carbonyl (C=O) groups excluding carboxylic acids is 3. The predicted molar refractivity (Wildman–Crippen MR) is 93.4 cm³/mol. The van der Waals surface area contributed by atoms with Gasteiger partial charge in [-0.25, -0.2) is 4.98 Å². The number of nitrogens with zero attached hydrogens (tertiary/aromatic N) is 1. The fourth-order valence-corrected chi connectivity index (χ4v) is 2.56. The van der Waals surface area contributed by atoms with Crippen molar-refractivity contribution < 1.29 is 14.4 Å². The Hall–Kier alpha value is -2.93. The van der Waals surface area contributed by atoms with Crippen molar-refractivity contribution in [3.8, 4) is 0 Å². The first kappa shape index (κ1) is 16.9. The van der Waals surface area contributed by atoms with Crippen LogP contribution in [0.2, 0.25) is 5.02 Å². The Bertz CT molecular complexity index is 823. The van der Waals surface area contributed by atoms with E-state index < -0.39 is 6.04 Å². The number of hydrogen-bond donors (Lipinski definition) is 3. The molecule has 7 nitrogen and oxygen atoms in total.